The van der Waals surface area contributed by atoms with Gasteiger partial charge < -0.3 is 4.90 Å². The molecule has 0 bridgehead atoms. The van der Waals surface area contributed by atoms with Gasteiger partial charge in [0, 0.05) is 43.1 Å². The highest BCUT2D eigenvalue weighted by Gasteiger charge is 2.30. The fourth-order valence-corrected chi connectivity index (χ4v) is 4.66. The van der Waals surface area contributed by atoms with E-state index in [1.807, 2.05) is 18.7 Å². The number of thiazole rings is 1. The van der Waals surface area contributed by atoms with Gasteiger partial charge in [0.05, 0.1) is 16.6 Å². The van der Waals surface area contributed by atoms with Crippen molar-refractivity contribution in [1.29, 1.82) is 0 Å². The van der Waals surface area contributed by atoms with E-state index in [1.54, 1.807) is 11.3 Å². The zero-order chi connectivity index (χ0) is 14.7. The third-order valence-electron chi connectivity index (χ3n) is 4.23. The molecule has 3 heterocycles. The van der Waals surface area contributed by atoms with Crippen LogP contribution < -0.4 is 0 Å². The number of piperidine rings is 1. The Hall–Kier alpha value is -0.590. The van der Waals surface area contributed by atoms with E-state index in [0.717, 1.165) is 67.8 Å². The standard InChI is InChI=1S/C15H23N3OS2/c1-12-16-14(11-21-12)10-17-4-2-3-13(9-17)15(19)18-5-7-20-8-6-18/h11,13H,2-10H2,1H3. The first-order chi connectivity index (χ1) is 10.2. The molecular formula is C15H23N3OS2. The zero-order valence-corrected chi connectivity index (χ0v) is 14.2. The van der Waals surface area contributed by atoms with Gasteiger partial charge >= 0.3 is 0 Å². The van der Waals surface area contributed by atoms with Gasteiger partial charge in [-0.2, -0.15) is 11.8 Å². The Kier molecular flexibility index (Phi) is 5.19. The van der Waals surface area contributed by atoms with E-state index >= 15 is 0 Å². The van der Waals surface area contributed by atoms with E-state index in [2.05, 4.69) is 20.2 Å². The highest BCUT2D eigenvalue weighted by atomic mass is 32.2. The molecule has 0 spiro atoms. The third kappa shape index (κ3) is 3.99. The normalized spacial score (nSPS) is 24.2. The maximum absolute atomic E-state index is 12.6. The maximum atomic E-state index is 12.6. The van der Waals surface area contributed by atoms with Crippen molar-refractivity contribution in [1.82, 2.24) is 14.8 Å². The SMILES string of the molecule is Cc1nc(CN2CCCC(C(=O)N3CCSCC3)C2)cs1. The zero-order valence-electron chi connectivity index (χ0n) is 12.6. The summed E-state index contributed by atoms with van der Waals surface area (Å²) in [4.78, 5) is 21.7. The molecule has 1 amide bonds. The molecule has 116 valence electrons. The first kappa shape index (κ1) is 15.3. The molecule has 3 rings (SSSR count). The minimum atomic E-state index is 0.196. The van der Waals surface area contributed by atoms with Crippen LogP contribution in [0.25, 0.3) is 0 Å². The van der Waals surface area contributed by atoms with Crippen molar-refractivity contribution < 1.29 is 4.79 Å². The molecule has 1 unspecified atom stereocenters. The first-order valence-corrected chi connectivity index (χ1v) is 9.76. The van der Waals surface area contributed by atoms with E-state index in [1.165, 1.54) is 0 Å². The number of likely N-dealkylation sites (tertiary alicyclic amines) is 1. The molecule has 0 saturated carbocycles. The number of carbonyl (C=O) groups excluding carboxylic acids is 1. The Morgan fingerprint density at radius 1 is 1.38 bits per heavy atom. The van der Waals surface area contributed by atoms with Crippen LogP contribution in [0.1, 0.15) is 23.5 Å². The van der Waals surface area contributed by atoms with Crippen molar-refractivity contribution in [2.75, 3.05) is 37.7 Å². The summed E-state index contributed by atoms with van der Waals surface area (Å²) >= 11 is 3.66. The predicted octanol–water partition coefficient (Wildman–Crippen LogP) is 2.24. The maximum Gasteiger partial charge on any atom is 0.227 e. The smallest absolute Gasteiger partial charge is 0.227 e. The van der Waals surface area contributed by atoms with Crippen molar-refractivity contribution >= 4 is 29.0 Å². The third-order valence-corrected chi connectivity index (χ3v) is 5.99. The summed E-state index contributed by atoms with van der Waals surface area (Å²) < 4.78 is 0. The summed E-state index contributed by atoms with van der Waals surface area (Å²) in [6.45, 7) is 6.81. The van der Waals surface area contributed by atoms with Gasteiger partial charge in [-0.1, -0.05) is 0 Å². The van der Waals surface area contributed by atoms with Crippen LogP contribution in [0.2, 0.25) is 0 Å². The molecule has 6 heteroatoms. The highest BCUT2D eigenvalue weighted by molar-refractivity contribution is 7.99. The number of hydrogen-bond donors (Lipinski definition) is 0. The number of carbonyl (C=O) groups is 1. The topological polar surface area (TPSA) is 36.4 Å². The quantitative estimate of drug-likeness (QED) is 0.854. The van der Waals surface area contributed by atoms with Gasteiger partial charge in [0.1, 0.15) is 0 Å². The summed E-state index contributed by atoms with van der Waals surface area (Å²) in [6, 6.07) is 0. The van der Waals surface area contributed by atoms with E-state index in [0.29, 0.717) is 5.91 Å². The van der Waals surface area contributed by atoms with Crippen molar-refractivity contribution in [3.63, 3.8) is 0 Å². The summed E-state index contributed by atoms with van der Waals surface area (Å²) in [6.07, 6.45) is 2.18. The molecular weight excluding hydrogens is 302 g/mol. The Bertz CT molecular complexity index is 485. The van der Waals surface area contributed by atoms with Crippen molar-refractivity contribution in [3.05, 3.63) is 16.1 Å². The summed E-state index contributed by atoms with van der Waals surface area (Å²) in [5, 5.41) is 3.27. The van der Waals surface area contributed by atoms with Crippen LogP contribution in [0.5, 0.6) is 0 Å². The van der Waals surface area contributed by atoms with Gasteiger partial charge in [-0.3, -0.25) is 9.69 Å². The second-order valence-electron chi connectivity index (χ2n) is 5.87. The minimum Gasteiger partial charge on any atom is -0.341 e. The Balaban J connectivity index is 1.56. The van der Waals surface area contributed by atoms with Crippen LogP contribution in [0, 0.1) is 12.8 Å². The van der Waals surface area contributed by atoms with E-state index < -0.39 is 0 Å². The van der Waals surface area contributed by atoms with Gasteiger partial charge in [-0.25, -0.2) is 4.98 Å². The number of amides is 1. The fraction of sp³-hybridized carbons (Fsp3) is 0.733. The Morgan fingerprint density at radius 2 is 2.19 bits per heavy atom. The molecule has 0 N–H and O–H groups in total. The second-order valence-corrected chi connectivity index (χ2v) is 8.16. The molecule has 2 saturated heterocycles. The Morgan fingerprint density at radius 3 is 2.90 bits per heavy atom. The summed E-state index contributed by atoms with van der Waals surface area (Å²) in [5.41, 5.74) is 1.15. The summed E-state index contributed by atoms with van der Waals surface area (Å²) in [7, 11) is 0. The van der Waals surface area contributed by atoms with Crippen LogP contribution in [0.3, 0.4) is 0 Å². The fourth-order valence-electron chi connectivity index (χ4n) is 3.15. The molecule has 0 aromatic carbocycles. The van der Waals surface area contributed by atoms with Gasteiger partial charge in [0.25, 0.3) is 0 Å². The lowest BCUT2D eigenvalue weighted by Gasteiger charge is -2.35. The molecule has 0 aliphatic carbocycles. The number of hydrogen-bond acceptors (Lipinski definition) is 5. The Labute approximate surface area is 134 Å². The van der Waals surface area contributed by atoms with Gasteiger partial charge in [-0.05, 0) is 26.3 Å². The van der Waals surface area contributed by atoms with E-state index in [4.69, 9.17) is 0 Å². The van der Waals surface area contributed by atoms with Crippen molar-refractivity contribution in [2.24, 2.45) is 5.92 Å². The molecule has 2 aliphatic rings. The van der Waals surface area contributed by atoms with Gasteiger partial charge in [0.2, 0.25) is 5.91 Å². The molecule has 2 fully saturated rings. The van der Waals surface area contributed by atoms with Gasteiger partial charge in [0.15, 0.2) is 0 Å². The van der Waals surface area contributed by atoms with E-state index in [-0.39, 0.29) is 5.92 Å². The highest BCUT2D eigenvalue weighted by Crippen LogP contribution is 2.22. The molecule has 1 aromatic heterocycles. The number of nitrogens with zero attached hydrogens (tertiary/aromatic N) is 3. The monoisotopic (exact) mass is 325 g/mol. The van der Waals surface area contributed by atoms with Gasteiger partial charge in [-0.15, -0.1) is 11.3 Å². The van der Waals surface area contributed by atoms with Crippen molar-refractivity contribution in [3.8, 4) is 0 Å². The number of thioether (sulfide) groups is 1. The predicted molar refractivity (Wildman–Crippen MR) is 88.8 cm³/mol. The largest absolute Gasteiger partial charge is 0.341 e. The molecule has 21 heavy (non-hydrogen) atoms. The average Bonchev–Trinajstić information content (AvgIpc) is 2.93. The second kappa shape index (κ2) is 7.11. The van der Waals surface area contributed by atoms with Crippen LogP contribution >= 0.6 is 23.1 Å². The number of aryl methyl sites for hydroxylation is 1. The minimum absolute atomic E-state index is 0.196. The van der Waals surface area contributed by atoms with Crippen LogP contribution in [0.15, 0.2) is 5.38 Å². The molecule has 2 aliphatic heterocycles. The molecule has 4 nitrogen and oxygen atoms in total. The summed E-state index contributed by atoms with van der Waals surface area (Å²) in [5.74, 6) is 2.77. The molecule has 1 aromatic rings. The average molecular weight is 326 g/mol. The molecule has 0 radical (unpaired) electrons. The first-order valence-electron chi connectivity index (χ1n) is 7.72. The van der Waals surface area contributed by atoms with Crippen LogP contribution in [0.4, 0.5) is 0 Å². The lowest BCUT2D eigenvalue weighted by Crippen LogP contribution is -2.47. The lowest BCUT2D eigenvalue weighted by molar-refractivity contribution is -0.137. The van der Waals surface area contributed by atoms with E-state index in [9.17, 15) is 4.79 Å². The number of aromatic nitrogens is 1. The number of rotatable bonds is 3. The van der Waals surface area contributed by atoms with Crippen molar-refractivity contribution in [2.45, 2.75) is 26.3 Å². The van der Waals surface area contributed by atoms with Crippen LogP contribution in [-0.2, 0) is 11.3 Å². The van der Waals surface area contributed by atoms with Crippen LogP contribution in [-0.4, -0.2) is 58.4 Å². The lowest BCUT2D eigenvalue weighted by atomic mass is 9.96. The molecule has 1 atom stereocenters.